The molecule has 0 bridgehead atoms. The summed E-state index contributed by atoms with van der Waals surface area (Å²) >= 11 is 9.59. The van der Waals surface area contributed by atoms with E-state index in [1.54, 1.807) is 7.11 Å². The highest BCUT2D eigenvalue weighted by atomic mass is 79.9. The highest BCUT2D eigenvalue weighted by Gasteiger charge is 2.20. The van der Waals surface area contributed by atoms with E-state index in [0.717, 1.165) is 29.1 Å². The summed E-state index contributed by atoms with van der Waals surface area (Å²) in [6, 6.07) is 6.29. The molecule has 0 aliphatic carbocycles. The molecule has 1 aromatic rings. The highest BCUT2D eigenvalue weighted by molar-refractivity contribution is 9.10. The first-order valence-electron chi connectivity index (χ1n) is 6.27. The van der Waals surface area contributed by atoms with Crippen LogP contribution in [-0.4, -0.2) is 20.3 Å². The molecule has 0 radical (unpaired) electrons. The van der Waals surface area contributed by atoms with Crippen LogP contribution >= 0.6 is 27.5 Å². The van der Waals surface area contributed by atoms with Gasteiger partial charge in [0.1, 0.15) is 0 Å². The molecule has 0 aliphatic rings. The lowest BCUT2D eigenvalue weighted by Gasteiger charge is -2.26. The fourth-order valence-corrected chi connectivity index (χ4v) is 2.99. The first-order valence-corrected chi connectivity index (χ1v) is 7.44. The van der Waals surface area contributed by atoms with E-state index < -0.39 is 0 Å². The molecule has 0 aromatic heterocycles. The van der Waals surface area contributed by atoms with E-state index in [1.165, 1.54) is 5.56 Å². The minimum absolute atomic E-state index is 0.316. The third-order valence-electron chi connectivity index (χ3n) is 3.07. The molecule has 0 fully saturated rings. The largest absolute Gasteiger partial charge is 0.385 e. The van der Waals surface area contributed by atoms with Crippen molar-refractivity contribution >= 4 is 27.5 Å². The van der Waals surface area contributed by atoms with E-state index in [0.29, 0.717) is 12.0 Å². The molecule has 0 amide bonds. The van der Waals surface area contributed by atoms with Gasteiger partial charge >= 0.3 is 0 Å². The van der Waals surface area contributed by atoms with Gasteiger partial charge in [-0.1, -0.05) is 47.4 Å². The van der Waals surface area contributed by atoms with E-state index in [1.807, 2.05) is 12.1 Å². The van der Waals surface area contributed by atoms with Crippen LogP contribution in [-0.2, 0) is 4.74 Å². The second-order valence-corrected chi connectivity index (χ2v) is 5.75. The molecule has 0 aliphatic heterocycles. The SMILES string of the molecule is CCNC(c1ccc(Cl)cc1Br)C(C)CCOC. The molecule has 4 heteroatoms. The number of hydrogen-bond donors (Lipinski definition) is 1. The molecule has 2 nitrogen and oxygen atoms in total. The maximum Gasteiger partial charge on any atom is 0.0465 e. The zero-order valence-corrected chi connectivity index (χ0v) is 13.5. The molecule has 0 saturated heterocycles. The van der Waals surface area contributed by atoms with E-state index >= 15 is 0 Å². The summed E-state index contributed by atoms with van der Waals surface area (Å²) in [5.41, 5.74) is 1.25. The van der Waals surface area contributed by atoms with E-state index in [2.05, 4.69) is 41.2 Å². The Bertz CT molecular complexity index is 373. The van der Waals surface area contributed by atoms with Crippen LogP contribution in [0.15, 0.2) is 22.7 Å². The molecule has 0 heterocycles. The quantitative estimate of drug-likeness (QED) is 0.796. The van der Waals surface area contributed by atoms with Crippen molar-refractivity contribution in [2.75, 3.05) is 20.3 Å². The van der Waals surface area contributed by atoms with Crippen LogP contribution in [0, 0.1) is 5.92 Å². The van der Waals surface area contributed by atoms with Gasteiger partial charge in [0.2, 0.25) is 0 Å². The topological polar surface area (TPSA) is 21.3 Å². The first kappa shape index (κ1) is 16.0. The van der Waals surface area contributed by atoms with Crippen LogP contribution in [0.25, 0.3) is 0 Å². The summed E-state index contributed by atoms with van der Waals surface area (Å²) in [6.07, 6.45) is 1.03. The van der Waals surface area contributed by atoms with Crippen LogP contribution in [0.1, 0.15) is 31.9 Å². The third kappa shape index (κ3) is 4.54. The normalized spacial score (nSPS) is 14.5. The van der Waals surface area contributed by atoms with Crippen molar-refractivity contribution in [1.82, 2.24) is 5.32 Å². The Hall–Kier alpha value is -0.0900. The minimum Gasteiger partial charge on any atom is -0.385 e. The Balaban J connectivity index is 2.88. The fraction of sp³-hybridized carbons (Fsp3) is 0.571. The van der Waals surface area contributed by atoms with Gasteiger partial charge < -0.3 is 10.1 Å². The summed E-state index contributed by atoms with van der Waals surface area (Å²) in [5, 5.41) is 4.29. The molecule has 1 N–H and O–H groups in total. The summed E-state index contributed by atoms with van der Waals surface area (Å²) in [4.78, 5) is 0. The van der Waals surface area contributed by atoms with Crippen LogP contribution in [0.4, 0.5) is 0 Å². The fourth-order valence-electron chi connectivity index (χ4n) is 2.06. The van der Waals surface area contributed by atoms with Crippen LogP contribution in [0.5, 0.6) is 0 Å². The average Bonchev–Trinajstić information content (AvgIpc) is 2.34. The molecular formula is C14H21BrClNO. The second kappa shape index (κ2) is 8.16. The lowest BCUT2D eigenvalue weighted by atomic mass is 9.92. The van der Waals surface area contributed by atoms with Crippen molar-refractivity contribution in [2.45, 2.75) is 26.3 Å². The number of hydrogen-bond acceptors (Lipinski definition) is 2. The molecular weight excluding hydrogens is 314 g/mol. The lowest BCUT2D eigenvalue weighted by Crippen LogP contribution is -2.27. The van der Waals surface area contributed by atoms with Gasteiger partial charge in [0.25, 0.3) is 0 Å². The van der Waals surface area contributed by atoms with Gasteiger partial charge in [-0.05, 0) is 36.6 Å². The van der Waals surface area contributed by atoms with Gasteiger partial charge in [-0.2, -0.15) is 0 Å². The Morgan fingerprint density at radius 1 is 1.44 bits per heavy atom. The summed E-state index contributed by atoms with van der Waals surface area (Å²) in [6.45, 7) is 6.10. The van der Waals surface area contributed by atoms with Gasteiger partial charge in [-0.3, -0.25) is 0 Å². The van der Waals surface area contributed by atoms with Crippen molar-refractivity contribution in [3.05, 3.63) is 33.3 Å². The van der Waals surface area contributed by atoms with Crippen molar-refractivity contribution in [2.24, 2.45) is 5.92 Å². The number of methoxy groups -OCH3 is 1. The maximum absolute atomic E-state index is 5.99. The van der Waals surface area contributed by atoms with Crippen molar-refractivity contribution in [3.63, 3.8) is 0 Å². The van der Waals surface area contributed by atoms with Gasteiger partial charge in [0.15, 0.2) is 0 Å². The van der Waals surface area contributed by atoms with Crippen molar-refractivity contribution in [1.29, 1.82) is 0 Å². The minimum atomic E-state index is 0.316. The Morgan fingerprint density at radius 3 is 2.72 bits per heavy atom. The molecule has 1 rings (SSSR count). The number of ether oxygens (including phenoxy) is 1. The number of nitrogens with one attached hydrogen (secondary N) is 1. The summed E-state index contributed by atoms with van der Waals surface area (Å²) in [5.74, 6) is 0.502. The van der Waals surface area contributed by atoms with Crippen molar-refractivity contribution in [3.8, 4) is 0 Å². The van der Waals surface area contributed by atoms with Gasteiger partial charge in [-0.15, -0.1) is 0 Å². The Kier molecular flexibility index (Phi) is 7.23. The van der Waals surface area contributed by atoms with Gasteiger partial charge in [0.05, 0.1) is 0 Å². The van der Waals surface area contributed by atoms with Crippen LogP contribution < -0.4 is 5.32 Å². The molecule has 18 heavy (non-hydrogen) atoms. The molecule has 2 unspecified atom stereocenters. The van der Waals surface area contributed by atoms with E-state index in [9.17, 15) is 0 Å². The maximum atomic E-state index is 5.99. The van der Waals surface area contributed by atoms with Gasteiger partial charge in [-0.25, -0.2) is 0 Å². The molecule has 102 valence electrons. The summed E-state index contributed by atoms with van der Waals surface area (Å²) in [7, 11) is 1.74. The van der Waals surface area contributed by atoms with Gasteiger partial charge in [0, 0.05) is 29.3 Å². The second-order valence-electron chi connectivity index (χ2n) is 4.46. The van der Waals surface area contributed by atoms with Crippen LogP contribution in [0.2, 0.25) is 5.02 Å². The smallest absolute Gasteiger partial charge is 0.0465 e. The molecule has 0 spiro atoms. The average molecular weight is 335 g/mol. The molecule has 0 saturated carbocycles. The zero-order chi connectivity index (χ0) is 13.5. The van der Waals surface area contributed by atoms with Crippen molar-refractivity contribution < 1.29 is 4.74 Å². The van der Waals surface area contributed by atoms with Crippen LogP contribution in [0.3, 0.4) is 0 Å². The summed E-state index contributed by atoms with van der Waals surface area (Å²) < 4.78 is 6.23. The zero-order valence-electron chi connectivity index (χ0n) is 11.2. The first-order chi connectivity index (χ1) is 8.60. The monoisotopic (exact) mass is 333 g/mol. The number of halogens is 2. The Labute approximate surface area is 123 Å². The molecule has 2 atom stereocenters. The van der Waals surface area contributed by atoms with E-state index in [4.69, 9.17) is 16.3 Å². The number of rotatable bonds is 7. The predicted molar refractivity (Wildman–Crippen MR) is 81.2 cm³/mol. The standard InChI is InChI=1S/C14H21BrClNO/c1-4-17-14(10(2)7-8-18-3)12-6-5-11(16)9-13(12)15/h5-6,9-10,14,17H,4,7-8H2,1-3H3. The highest BCUT2D eigenvalue weighted by Crippen LogP contribution is 2.32. The predicted octanol–water partition coefficient (Wildman–Crippen LogP) is 4.43. The van der Waals surface area contributed by atoms with E-state index in [-0.39, 0.29) is 0 Å². The third-order valence-corrected chi connectivity index (χ3v) is 3.99. The lowest BCUT2D eigenvalue weighted by molar-refractivity contribution is 0.170. The Morgan fingerprint density at radius 2 is 2.17 bits per heavy atom. The molecule has 1 aromatic carbocycles. The number of benzene rings is 1.